The average molecular weight is 278 g/mol. The zero-order chi connectivity index (χ0) is 13.8. The number of ether oxygens (including phenoxy) is 2. The molecule has 0 unspecified atom stereocenters. The Morgan fingerprint density at radius 1 is 1.42 bits per heavy atom. The summed E-state index contributed by atoms with van der Waals surface area (Å²) in [6, 6.07) is 7.04. The van der Waals surface area contributed by atoms with Crippen molar-refractivity contribution in [3.63, 3.8) is 0 Å². The summed E-state index contributed by atoms with van der Waals surface area (Å²) in [5, 5.41) is 9.37. The van der Waals surface area contributed by atoms with E-state index >= 15 is 0 Å². The number of rotatable bonds is 4. The highest BCUT2D eigenvalue weighted by atomic mass is 35.5. The number of hydrogen-bond donors (Lipinski definition) is 0. The quantitative estimate of drug-likeness (QED) is 0.862. The first-order valence-corrected chi connectivity index (χ1v) is 5.90. The van der Waals surface area contributed by atoms with E-state index in [1.54, 1.807) is 29.0 Å². The normalized spacial score (nSPS) is 10.0. The molecule has 0 bridgehead atoms. The molecule has 98 valence electrons. The Kier molecular flexibility index (Phi) is 3.93. The maximum absolute atomic E-state index is 8.82. The van der Waals surface area contributed by atoms with Crippen LogP contribution in [0.4, 0.5) is 0 Å². The van der Waals surface area contributed by atoms with Gasteiger partial charge in [0.1, 0.15) is 17.6 Å². The van der Waals surface area contributed by atoms with E-state index in [0.717, 1.165) is 0 Å². The van der Waals surface area contributed by atoms with Gasteiger partial charge in [0.2, 0.25) is 0 Å². The van der Waals surface area contributed by atoms with E-state index in [-0.39, 0.29) is 6.61 Å². The molecule has 0 radical (unpaired) electrons. The zero-order valence-corrected chi connectivity index (χ0v) is 11.3. The maximum Gasteiger partial charge on any atom is 0.162 e. The van der Waals surface area contributed by atoms with Gasteiger partial charge in [0.05, 0.1) is 24.9 Å². The molecule has 19 heavy (non-hydrogen) atoms. The highest BCUT2D eigenvalue weighted by Gasteiger charge is 2.09. The van der Waals surface area contributed by atoms with Crippen molar-refractivity contribution in [1.82, 2.24) is 9.55 Å². The molecule has 5 nitrogen and oxygen atoms in total. The average Bonchev–Trinajstić information content (AvgIpc) is 2.76. The molecule has 0 N–H and O–H groups in total. The molecule has 0 saturated carbocycles. The lowest BCUT2D eigenvalue weighted by Gasteiger charge is -2.10. The Morgan fingerprint density at radius 3 is 2.79 bits per heavy atom. The number of aromatic nitrogens is 2. The lowest BCUT2D eigenvalue weighted by atomic mass is 10.2. The standard InChI is InChI=1S/C13H12ClN3O2/c1-17-12(14)7-16-13(17)8-19-10-4-3-9(6-15)5-11(10)18-2/h3-5,7H,8H2,1-2H3. The molecule has 0 aliphatic rings. The van der Waals surface area contributed by atoms with Crippen LogP contribution in [0.15, 0.2) is 24.4 Å². The third kappa shape index (κ3) is 2.80. The van der Waals surface area contributed by atoms with Crippen molar-refractivity contribution >= 4 is 11.6 Å². The molecule has 1 heterocycles. The molecule has 1 aromatic carbocycles. The second-order valence-corrected chi connectivity index (χ2v) is 4.21. The molecule has 0 aliphatic carbocycles. The van der Waals surface area contributed by atoms with Crippen LogP contribution in [0.3, 0.4) is 0 Å². The van der Waals surface area contributed by atoms with Gasteiger partial charge in [-0.3, -0.25) is 0 Å². The summed E-state index contributed by atoms with van der Waals surface area (Å²) in [4.78, 5) is 4.13. The van der Waals surface area contributed by atoms with Crippen LogP contribution in [0, 0.1) is 11.3 Å². The van der Waals surface area contributed by atoms with E-state index < -0.39 is 0 Å². The fourth-order valence-electron chi connectivity index (χ4n) is 1.56. The summed E-state index contributed by atoms with van der Waals surface area (Å²) in [7, 11) is 3.34. The molecule has 6 heteroatoms. The number of halogens is 1. The van der Waals surface area contributed by atoms with Gasteiger partial charge in [-0.2, -0.15) is 5.26 Å². The first-order valence-electron chi connectivity index (χ1n) is 5.52. The SMILES string of the molecule is COc1cc(C#N)ccc1OCc1ncc(Cl)n1C. The van der Waals surface area contributed by atoms with Crippen LogP contribution in [0.25, 0.3) is 0 Å². The lowest BCUT2D eigenvalue weighted by Crippen LogP contribution is -2.04. The van der Waals surface area contributed by atoms with Gasteiger partial charge in [-0.05, 0) is 12.1 Å². The minimum Gasteiger partial charge on any atom is -0.493 e. The van der Waals surface area contributed by atoms with Crippen molar-refractivity contribution in [3.05, 3.63) is 40.9 Å². The number of imidazole rings is 1. The van der Waals surface area contributed by atoms with Gasteiger partial charge in [-0.1, -0.05) is 11.6 Å². The molecule has 1 aromatic heterocycles. The molecule has 0 atom stereocenters. The highest BCUT2D eigenvalue weighted by Crippen LogP contribution is 2.28. The van der Waals surface area contributed by atoms with Crippen LogP contribution in [0.5, 0.6) is 11.5 Å². The van der Waals surface area contributed by atoms with E-state index in [4.69, 9.17) is 26.3 Å². The van der Waals surface area contributed by atoms with Gasteiger partial charge in [0, 0.05) is 13.1 Å². The lowest BCUT2D eigenvalue weighted by molar-refractivity contribution is 0.273. The van der Waals surface area contributed by atoms with Crippen molar-refractivity contribution in [2.24, 2.45) is 7.05 Å². The summed E-state index contributed by atoms with van der Waals surface area (Å²) < 4.78 is 12.5. The van der Waals surface area contributed by atoms with E-state index in [1.165, 1.54) is 7.11 Å². The molecular weight excluding hydrogens is 266 g/mol. The molecule has 2 rings (SSSR count). The smallest absolute Gasteiger partial charge is 0.162 e. The number of hydrogen-bond acceptors (Lipinski definition) is 4. The van der Waals surface area contributed by atoms with Gasteiger partial charge < -0.3 is 14.0 Å². The Hall–Kier alpha value is -2.19. The van der Waals surface area contributed by atoms with Crippen LogP contribution in [0.2, 0.25) is 5.15 Å². The number of nitriles is 1. The molecule has 0 spiro atoms. The summed E-state index contributed by atoms with van der Waals surface area (Å²) in [6.07, 6.45) is 1.57. The Bertz CT molecular complexity index is 631. The second-order valence-electron chi connectivity index (χ2n) is 3.82. The van der Waals surface area contributed by atoms with Crippen LogP contribution in [-0.4, -0.2) is 16.7 Å². The zero-order valence-electron chi connectivity index (χ0n) is 10.6. The fraction of sp³-hybridized carbons (Fsp3) is 0.231. The molecule has 2 aromatic rings. The second kappa shape index (κ2) is 5.63. The van der Waals surface area contributed by atoms with Gasteiger partial charge in [-0.15, -0.1) is 0 Å². The minimum atomic E-state index is 0.269. The summed E-state index contributed by atoms with van der Waals surface area (Å²) >= 11 is 5.89. The third-order valence-electron chi connectivity index (χ3n) is 2.68. The Morgan fingerprint density at radius 2 is 2.21 bits per heavy atom. The summed E-state index contributed by atoms with van der Waals surface area (Å²) in [6.45, 7) is 0.269. The first-order chi connectivity index (χ1) is 9.15. The number of methoxy groups -OCH3 is 1. The van der Waals surface area contributed by atoms with Gasteiger partial charge in [0.15, 0.2) is 11.5 Å². The van der Waals surface area contributed by atoms with E-state index in [1.807, 2.05) is 13.1 Å². The number of nitrogens with zero attached hydrogens (tertiary/aromatic N) is 3. The predicted molar refractivity (Wildman–Crippen MR) is 70.3 cm³/mol. The number of benzene rings is 1. The fourth-order valence-corrected chi connectivity index (χ4v) is 1.70. The first kappa shape index (κ1) is 13.2. The van der Waals surface area contributed by atoms with Crippen molar-refractivity contribution < 1.29 is 9.47 Å². The maximum atomic E-state index is 8.82. The topological polar surface area (TPSA) is 60.1 Å². The van der Waals surface area contributed by atoms with Crippen molar-refractivity contribution in [1.29, 1.82) is 5.26 Å². The predicted octanol–water partition coefficient (Wildman–Crippen LogP) is 2.53. The molecule has 0 saturated heterocycles. The van der Waals surface area contributed by atoms with Crippen LogP contribution in [-0.2, 0) is 13.7 Å². The summed E-state index contributed by atoms with van der Waals surface area (Å²) in [5.41, 5.74) is 0.518. The molecule has 0 fully saturated rings. The van der Waals surface area contributed by atoms with E-state index in [9.17, 15) is 0 Å². The Labute approximate surface area is 116 Å². The monoisotopic (exact) mass is 277 g/mol. The highest BCUT2D eigenvalue weighted by molar-refractivity contribution is 6.29. The van der Waals surface area contributed by atoms with Crippen LogP contribution in [0.1, 0.15) is 11.4 Å². The van der Waals surface area contributed by atoms with E-state index in [0.29, 0.717) is 28.0 Å². The minimum absolute atomic E-state index is 0.269. The van der Waals surface area contributed by atoms with Gasteiger partial charge in [-0.25, -0.2) is 4.98 Å². The molecular formula is C13H12ClN3O2. The Balaban J connectivity index is 2.16. The van der Waals surface area contributed by atoms with Crippen molar-refractivity contribution in [3.8, 4) is 17.6 Å². The van der Waals surface area contributed by atoms with Crippen LogP contribution < -0.4 is 9.47 Å². The van der Waals surface area contributed by atoms with Gasteiger partial charge >= 0.3 is 0 Å². The third-order valence-corrected chi connectivity index (χ3v) is 3.03. The van der Waals surface area contributed by atoms with Crippen molar-refractivity contribution in [2.75, 3.05) is 7.11 Å². The van der Waals surface area contributed by atoms with E-state index in [2.05, 4.69) is 4.98 Å². The van der Waals surface area contributed by atoms with Crippen molar-refractivity contribution in [2.45, 2.75) is 6.61 Å². The van der Waals surface area contributed by atoms with Gasteiger partial charge in [0.25, 0.3) is 0 Å². The molecule has 0 aliphatic heterocycles. The molecule has 0 amide bonds. The largest absolute Gasteiger partial charge is 0.493 e. The summed E-state index contributed by atoms with van der Waals surface area (Å²) in [5.74, 6) is 1.77. The van der Waals surface area contributed by atoms with Crippen LogP contribution >= 0.6 is 11.6 Å².